The highest BCUT2D eigenvalue weighted by atomic mass is 32.2. The zero-order valence-corrected chi connectivity index (χ0v) is 23.1. The van der Waals surface area contributed by atoms with Crippen molar-refractivity contribution >= 4 is 51.8 Å². The summed E-state index contributed by atoms with van der Waals surface area (Å²) in [7, 11) is 0. The molecule has 0 saturated carbocycles. The Morgan fingerprint density at radius 3 is 2.44 bits per heavy atom. The van der Waals surface area contributed by atoms with Crippen LogP contribution in [0.2, 0.25) is 0 Å². The van der Waals surface area contributed by atoms with E-state index in [9.17, 15) is 19.2 Å². The van der Waals surface area contributed by atoms with Gasteiger partial charge in [-0.3, -0.25) is 19.1 Å². The van der Waals surface area contributed by atoms with Crippen LogP contribution in [0.15, 0.2) is 56.8 Å². The van der Waals surface area contributed by atoms with Crippen LogP contribution < -0.4 is 15.4 Å². The number of rotatable bonds is 6. The number of nitriles is 1. The Bertz CT molecular complexity index is 1550. The summed E-state index contributed by atoms with van der Waals surface area (Å²) in [6, 6.07) is 12.0. The average Bonchev–Trinajstić information content (AvgIpc) is 3.55. The second-order valence-electron chi connectivity index (χ2n) is 9.20. The van der Waals surface area contributed by atoms with E-state index in [-0.39, 0.29) is 29.4 Å². The second kappa shape index (κ2) is 11.1. The lowest BCUT2D eigenvalue weighted by Crippen LogP contribution is -2.48. The summed E-state index contributed by atoms with van der Waals surface area (Å²) in [5, 5.41) is 9.82. The average molecular weight is 564 g/mol. The molecule has 2 aliphatic rings. The Labute approximate surface area is 234 Å². The number of benzene rings is 1. The number of carbonyl (C=O) groups is 1. The molecule has 0 spiro atoms. The van der Waals surface area contributed by atoms with Gasteiger partial charge in [0.2, 0.25) is 0 Å². The fraction of sp³-hybridized carbons (Fsp3) is 0.286. The lowest BCUT2D eigenvalue weighted by atomic mass is 10.0. The molecular formula is C28H26FN5O3S2. The molecular weight excluding hydrogens is 537 g/mol. The van der Waals surface area contributed by atoms with Gasteiger partial charge < -0.3 is 14.2 Å². The third-order valence-electron chi connectivity index (χ3n) is 6.98. The SMILES string of the molecule is CCn1c(N2CCN(c3ccc(F)cc3)CC2)c(/C=C2/SC(=S)N(Cc3ccco3)C2=O)c(C)c(C#N)c1=O. The number of carbonyl (C=O) groups excluding carboxylic acids is 1. The number of amides is 1. The van der Waals surface area contributed by atoms with E-state index < -0.39 is 0 Å². The summed E-state index contributed by atoms with van der Waals surface area (Å²) in [5.74, 6) is 0.765. The van der Waals surface area contributed by atoms with E-state index in [1.54, 1.807) is 48.1 Å². The van der Waals surface area contributed by atoms with E-state index in [0.29, 0.717) is 64.7 Å². The van der Waals surface area contributed by atoms with Gasteiger partial charge in [-0.25, -0.2) is 4.39 Å². The van der Waals surface area contributed by atoms with Gasteiger partial charge in [0.15, 0.2) is 0 Å². The Morgan fingerprint density at radius 2 is 1.82 bits per heavy atom. The van der Waals surface area contributed by atoms with E-state index in [1.165, 1.54) is 28.8 Å². The molecule has 0 atom stereocenters. The molecule has 2 saturated heterocycles. The number of thiocarbonyl (C=S) groups is 1. The molecule has 5 rings (SSSR count). The lowest BCUT2D eigenvalue weighted by molar-refractivity contribution is -0.122. The second-order valence-corrected chi connectivity index (χ2v) is 10.9. The van der Waals surface area contributed by atoms with Gasteiger partial charge in [-0.15, -0.1) is 0 Å². The molecule has 1 amide bonds. The van der Waals surface area contributed by atoms with Gasteiger partial charge >= 0.3 is 0 Å². The highest BCUT2D eigenvalue weighted by Gasteiger charge is 2.34. The molecule has 200 valence electrons. The number of pyridine rings is 1. The van der Waals surface area contributed by atoms with Gasteiger partial charge in [0, 0.05) is 44.0 Å². The lowest BCUT2D eigenvalue weighted by Gasteiger charge is -2.39. The molecule has 3 aromatic rings. The monoisotopic (exact) mass is 563 g/mol. The Morgan fingerprint density at radius 1 is 1.13 bits per heavy atom. The molecule has 39 heavy (non-hydrogen) atoms. The first-order valence-corrected chi connectivity index (χ1v) is 13.8. The van der Waals surface area contributed by atoms with Crippen molar-refractivity contribution in [2.75, 3.05) is 36.0 Å². The van der Waals surface area contributed by atoms with E-state index in [4.69, 9.17) is 16.6 Å². The molecule has 2 aromatic heterocycles. The highest BCUT2D eigenvalue weighted by Crippen LogP contribution is 2.37. The zero-order chi connectivity index (χ0) is 27.7. The normalized spacial score (nSPS) is 16.9. The van der Waals surface area contributed by atoms with Crippen LogP contribution >= 0.6 is 24.0 Å². The summed E-state index contributed by atoms with van der Waals surface area (Å²) in [6.45, 7) is 6.72. The number of anilines is 2. The van der Waals surface area contributed by atoms with Crippen molar-refractivity contribution in [3.05, 3.63) is 86.2 Å². The maximum atomic E-state index is 13.4. The van der Waals surface area contributed by atoms with Gasteiger partial charge in [0.05, 0.1) is 17.7 Å². The van der Waals surface area contributed by atoms with E-state index in [0.717, 1.165) is 5.69 Å². The maximum absolute atomic E-state index is 13.4. The van der Waals surface area contributed by atoms with Gasteiger partial charge in [0.25, 0.3) is 11.5 Å². The van der Waals surface area contributed by atoms with Crippen molar-refractivity contribution in [2.45, 2.75) is 26.9 Å². The summed E-state index contributed by atoms with van der Waals surface area (Å²) >= 11 is 6.69. The number of halogens is 1. The number of nitrogens with zero attached hydrogens (tertiary/aromatic N) is 5. The third kappa shape index (κ3) is 5.10. The Hall–Kier alpha value is -3.88. The van der Waals surface area contributed by atoms with Crippen LogP contribution in [0.5, 0.6) is 0 Å². The minimum absolute atomic E-state index is 0.0582. The predicted octanol–water partition coefficient (Wildman–Crippen LogP) is 4.51. The molecule has 0 unspecified atom stereocenters. The van der Waals surface area contributed by atoms with Crippen molar-refractivity contribution < 1.29 is 13.6 Å². The smallest absolute Gasteiger partial charge is 0.270 e. The van der Waals surface area contributed by atoms with E-state index in [1.807, 2.05) is 6.92 Å². The largest absolute Gasteiger partial charge is 0.467 e. The van der Waals surface area contributed by atoms with Crippen molar-refractivity contribution in [3.8, 4) is 6.07 Å². The van der Waals surface area contributed by atoms with Crippen LogP contribution in [0.25, 0.3) is 6.08 Å². The highest BCUT2D eigenvalue weighted by molar-refractivity contribution is 8.26. The number of hydrogen-bond donors (Lipinski definition) is 0. The van der Waals surface area contributed by atoms with Crippen molar-refractivity contribution in [1.82, 2.24) is 9.47 Å². The molecule has 8 nitrogen and oxygen atoms in total. The first-order chi connectivity index (χ1) is 18.8. The number of hydrogen-bond acceptors (Lipinski definition) is 8. The number of aromatic nitrogens is 1. The quantitative estimate of drug-likeness (QED) is 0.320. The van der Waals surface area contributed by atoms with Gasteiger partial charge in [-0.2, -0.15) is 5.26 Å². The Kier molecular flexibility index (Phi) is 7.59. The Balaban J connectivity index is 1.52. The fourth-order valence-electron chi connectivity index (χ4n) is 4.93. The van der Waals surface area contributed by atoms with Gasteiger partial charge in [-0.1, -0.05) is 24.0 Å². The van der Waals surface area contributed by atoms with Crippen molar-refractivity contribution in [1.29, 1.82) is 5.26 Å². The van der Waals surface area contributed by atoms with Crippen LogP contribution in [-0.2, 0) is 17.9 Å². The third-order valence-corrected chi connectivity index (χ3v) is 8.35. The molecule has 2 fully saturated rings. The summed E-state index contributed by atoms with van der Waals surface area (Å²) in [4.78, 5) is 32.9. The van der Waals surface area contributed by atoms with Crippen LogP contribution in [0.4, 0.5) is 15.9 Å². The molecule has 0 N–H and O–H groups in total. The summed E-state index contributed by atoms with van der Waals surface area (Å²) < 4.78 is 20.8. The molecule has 4 heterocycles. The number of piperazine rings is 1. The van der Waals surface area contributed by atoms with Crippen molar-refractivity contribution in [3.63, 3.8) is 0 Å². The summed E-state index contributed by atoms with van der Waals surface area (Å²) in [5.41, 5.74) is 1.82. The van der Waals surface area contributed by atoms with E-state index >= 15 is 0 Å². The first kappa shape index (κ1) is 26.7. The van der Waals surface area contributed by atoms with Crippen LogP contribution in [-0.4, -0.2) is 45.9 Å². The number of thioether (sulfide) groups is 1. The van der Waals surface area contributed by atoms with Gasteiger partial charge in [-0.05, 0) is 61.9 Å². The fourth-order valence-corrected chi connectivity index (χ4v) is 6.17. The minimum atomic E-state index is -0.351. The van der Waals surface area contributed by atoms with Gasteiger partial charge in [0.1, 0.15) is 33.3 Å². The molecule has 0 aliphatic carbocycles. The summed E-state index contributed by atoms with van der Waals surface area (Å²) in [6.07, 6.45) is 3.30. The van der Waals surface area contributed by atoms with Crippen molar-refractivity contribution in [2.24, 2.45) is 0 Å². The van der Waals surface area contributed by atoms with E-state index in [2.05, 4.69) is 15.9 Å². The molecule has 0 bridgehead atoms. The molecule has 0 radical (unpaired) electrons. The minimum Gasteiger partial charge on any atom is -0.467 e. The molecule has 2 aliphatic heterocycles. The topological polar surface area (TPSA) is 85.7 Å². The molecule has 11 heteroatoms. The van der Waals surface area contributed by atoms with Crippen LogP contribution in [0, 0.1) is 24.1 Å². The van der Waals surface area contributed by atoms with Crippen LogP contribution in [0.1, 0.15) is 29.4 Å². The maximum Gasteiger partial charge on any atom is 0.270 e. The zero-order valence-electron chi connectivity index (χ0n) is 21.5. The predicted molar refractivity (Wildman–Crippen MR) is 154 cm³/mol. The first-order valence-electron chi connectivity index (χ1n) is 12.5. The standard InChI is InChI=1S/C28H26FN5O3S2/c1-3-33-25(32-12-10-31(11-13-32)20-8-6-19(29)7-9-20)22(18(2)23(16-30)26(33)35)15-24-27(36)34(28(38)39-24)17-21-5-4-14-37-21/h4-9,14-15H,3,10-13,17H2,1-2H3/b24-15+. The molecule has 1 aromatic carbocycles. The van der Waals surface area contributed by atoms with Crippen LogP contribution in [0.3, 0.4) is 0 Å². The number of furan rings is 1.